The van der Waals surface area contributed by atoms with Gasteiger partial charge in [0.05, 0.1) is 65.6 Å². The highest BCUT2D eigenvalue weighted by molar-refractivity contribution is 7.83. The first-order valence-corrected chi connectivity index (χ1v) is 26.8. The van der Waals surface area contributed by atoms with Crippen molar-refractivity contribution in [1.29, 1.82) is 0 Å². The molecule has 0 aliphatic carbocycles. The molecule has 0 aromatic carbocycles. The van der Waals surface area contributed by atoms with E-state index in [2.05, 4.69) is 6.58 Å². The Hall–Kier alpha value is 0.510. The summed E-state index contributed by atoms with van der Waals surface area (Å²) >= 11 is 0. The molecule has 0 bridgehead atoms. The number of carbonyl (C=O) groups is 1. The Kier molecular flexibility index (Phi) is 28.7. The monoisotopic (exact) mass is 756 g/mol. The lowest BCUT2D eigenvalue weighted by Gasteiger charge is -2.27. The maximum atomic E-state index is 12.2. The number of rotatable bonds is 19. The summed E-state index contributed by atoms with van der Waals surface area (Å²) in [5, 5.41) is 8.31. The van der Waals surface area contributed by atoms with Gasteiger partial charge in [-0.3, -0.25) is 13.7 Å². The van der Waals surface area contributed by atoms with Crippen molar-refractivity contribution in [3.63, 3.8) is 0 Å². The number of aliphatic hydroxyl groups excluding tert-OH is 1. The van der Waals surface area contributed by atoms with Crippen LogP contribution in [0.15, 0.2) is 11.6 Å². The predicted molar refractivity (Wildman–Crippen MR) is 183 cm³/mol. The maximum absolute atomic E-state index is 12.2. The highest BCUT2D eigenvalue weighted by atomic mass is 31.2. The molecule has 0 saturated heterocycles. The Morgan fingerprint density at radius 1 is 0.614 bits per heavy atom. The maximum Gasteiger partial charge on any atom is 0.364 e. The molecule has 0 amide bonds. The standard InChI is InChI=1S/C8H20O5P2.C8H18O4P2.C7H18O4P2.CH2O/c1-5-12-15(11,13-6-2)8(7-9)14(3,4)10;1-6-11-14(10,12-7-2)8(3)13(4,5)9;1-5-10-13(9,11-6-2)7-12(3,4)8;1-2/h8-9H,5-7H2,1-4H3;3,6-7H2,1-2,4-5H3;5-7H2,1-4H3;1H2. The van der Waals surface area contributed by atoms with Crippen LogP contribution < -0.4 is 0 Å². The number of hydrogen-bond acceptors (Lipinski definition) is 14. The van der Waals surface area contributed by atoms with Gasteiger partial charge in [-0.2, -0.15) is 0 Å². The van der Waals surface area contributed by atoms with Gasteiger partial charge in [0, 0.05) is 0 Å². The third kappa shape index (κ3) is 22.9. The van der Waals surface area contributed by atoms with Crippen LogP contribution in [0.1, 0.15) is 41.5 Å². The lowest BCUT2D eigenvalue weighted by Crippen LogP contribution is -2.17. The van der Waals surface area contributed by atoms with E-state index in [0.29, 0.717) is 13.2 Å². The van der Waals surface area contributed by atoms with Crippen LogP contribution in [0.25, 0.3) is 0 Å². The lowest BCUT2D eigenvalue weighted by atomic mass is 10.9. The second-order valence-corrected chi connectivity index (χ2v) is 27.5. The van der Waals surface area contributed by atoms with Crippen LogP contribution in [0.5, 0.6) is 0 Å². The zero-order chi connectivity index (χ0) is 36.1. The van der Waals surface area contributed by atoms with Crippen LogP contribution in [0.2, 0.25) is 0 Å². The first-order chi connectivity index (χ1) is 19.9. The largest absolute Gasteiger partial charge is 0.395 e. The summed E-state index contributed by atoms with van der Waals surface area (Å²) in [7, 11) is -17.7. The molecule has 0 saturated carbocycles. The van der Waals surface area contributed by atoms with Crippen LogP contribution in [0.4, 0.5) is 0 Å². The third-order valence-electron chi connectivity index (χ3n) is 4.57. The van der Waals surface area contributed by atoms with E-state index in [9.17, 15) is 27.4 Å². The summed E-state index contributed by atoms with van der Waals surface area (Å²) in [5.41, 5.74) is 0. The van der Waals surface area contributed by atoms with Crippen molar-refractivity contribution >= 4 is 51.0 Å². The molecule has 0 fully saturated rings. The van der Waals surface area contributed by atoms with E-state index in [1.807, 2.05) is 6.79 Å². The molecule has 0 spiro atoms. The molecule has 0 radical (unpaired) electrons. The minimum atomic E-state index is -3.46. The van der Waals surface area contributed by atoms with Crippen molar-refractivity contribution in [3.8, 4) is 0 Å². The molecule has 0 heterocycles. The van der Waals surface area contributed by atoms with Gasteiger partial charge in [-0.25, -0.2) is 0 Å². The fourth-order valence-electron chi connectivity index (χ4n) is 2.96. The van der Waals surface area contributed by atoms with E-state index in [-0.39, 0.29) is 37.4 Å². The number of hydrogen-bond donors (Lipinski definition) is 1. The summed E-state index contributed by atoms with van der Waals surface area (Å²) in [5.74, 6) is 0.0294. The van der Waals surface area contributed by atoms with E-state index in [1.165, 1.54) is 26.7 Å². The zero-order valence-electron chi connectivity index (χ0n) is 28.6. The van der Waals surface area contributed by atoms with Gasteiger partial charge < -0.3 is 50.7 Å². The van der Waals surface area contributed by atoms with Gasteiger partial charge in [0.25, 0.3) is 0 Å². The molecule has 14 nitrogen and oxygen atoms in total. The van der Waals surface area contributed by atoms with Gasteiger partial charge in [-0.1, -0.05) is 6.58 Å². The molecule has 268 valence electrons. The highest BCUT2D eigenvalue weighted by Gasteiger charge is 2.43. The number of aliphatic hydroxyl groups is 1. The Labute approximate surface area is 265 Å². The molecule has 20 heteroatoms. The van der Waals surface area contributed by atoms with E-state index in [1.54, 1.807) is 54.9 Å². The van der Waals surface area contributed by atoms with Crippen molar-refractivity contribution in [2.45, 2.75) is 46.9 Å². The summed E-state index contributed by atoms with van der Waals surface area (Å²) in [6, 6.07) is 0. The van der Waals surface area contributed by atoms with Crippen molar-refractivity contribution in [2.24, 2.45) is 0 Å². The predicted octanol–water partition coefficient (Wildman–Crippen LogP) is 8.19. The molecular formula is C24H58O14P6. The van der Waals surface area contributed by atoms with Gasteiger partial charge in [0.15, 0.2) is 0 Å². The molecule has 0 aromatic rings. The van der Waals surface area contributed by atoms with Gasteiger partial charge in [-0.05, 0) is 81.5 Å². The first kappa shape index (κ1) is 51.3. The molecule has 0 aliphatic heterocycles. The van der Waals surface area contributed by atoms with Gasteiger partial charge in [0.1, 0.15) is 25.2 Å². The van der Waals surface area contributed by atoms with Gasteiger partial charge >= 0.3 is 22.8 Å². The molecule has 1 atom stereocenters. The number of carbonyl (C=O) groups excluding carboxylic acids is 1. The fourth-order valence-corrected chi connectivity index (χ4v) is 16.4. The average molecular weight is 757 g/mol. The summed E-state index contributed by atoms with van der Waals surface area (Å²) in [6.07, 6.45) is 0. The van der Waals surface area contributed by atoms with Gasteiger partial charge in [-0.15, -0.1) is 0 Å². The molecular weight excluding hydrogens is 698 g/mol. The summed E-state index contributed by atoms with van der Waals surface area (Å²) in [6.45, 7) is 26.0. The quantitative estimate of drug-likeness (QED) is 0.124. The summed E-state index contributed by atoms with van der Waals surface area (Å²) < 4.78 is 101. The third-order valence-corrected chi connectivity index (χ3v) is 21.5. The first-order valence-electron chi connectivity index (χ1n) is 13.8. The molecule has 44 heavy (non-hydrogen) atoms. The van der Waals surface area contributed by atoms with Crippen LogP contribution in [0, 0.1) is 0 Å². The Morgan fingerprint density at radius 2 is 0.932 bits per heavy atom. The van der Waals surface area contributed by atoms with Crippen molar-refractivity contribution < 1.29 is 64.4 Å². The molecule has 0 rings (SSSR count). The Morgan fingerprint density at radius 3 is 1.14 bits per heavy atom. The fraction of sp³-hybridized carbons (Fsp3) is 0.875. The average Bonchev–Trinajstić information content (AvgIpc) is 2.84. The zero-order valence-corrected chi connectivity index (χ0v) is 34.0. The minimum Gasteiger partial charge on any atom is -0.395 e. The van der Waals surface area contributed by atoms with E-state index >= 15 is 0 Å². The topological polar surface area (TPSA) is 195 Å². The van der Waals surface area contributed by atoms with Crippen LogP contribution >= 0.6 is 44.2 Å². The molecule has 0 aromatic heterocycles. The highest BCUT2D eigenvalue weighted by Crippen LogP contribution is 2.69. The van der Waals surface area contributed by atoms with Crippen LogP contribution in [-0.2, 0) is 59.3 Å². The Balaban J connectivity index is -0.000000265. The van der Waals surface area contributed by atoms with Crippen LogP contribution in [-0.4, -0.2) is 109 Å². The lowest BCUT2D eigenvalue weighted by molar-refractivity contribution is -0.0980. The van der Waals surface area contributed by atoms with Gasteiger partial charge in [0.2, 0.25) is 0 Å². The molecule has 1 N–H and O–H groups in total. The Bertz CT molecular complexity index is 1050. The smallest absolute Gasteiger partial charge is 0.364 e. The van der Waals surface area contributed by atoms with Crippen LogP contribution in [0.3, 0.4) is 0 Å². The second-order valence-electron chi connectivity index (χ2n) is 9.73. The van der Waals surface area contributed by atoms with Crippen molar-refractivity contribution in [3.05, 3.63) is 11.6 Å². The second kappa shape index (κ2) is 24.6. The summed E-state index contributed by atoms with van der Waals surface area (Å²) in [4.78, 5) is 8.00. The van der Waals surface area contributed by atoms with Crippen molar-refractivity contribution in [2.75, 3.05) is 92.1 Å². The van der Waals surface area contributed by atoms with Crippen molar-refractivity contribution in [1.82, 2.24) is 0 Å². The molecule has 1 unspecified atom stereocenters. The van der Waals surface area contributed by atoms with E-state index in [4.69, 9.17) is 37.0 Å². The van der Waals surface area contributed by atoms with E-state index in [0.717, 1.165) is 0 Å². The van der Waals surface area contributed by atoms with E-state index < -0.39 is 56.2 Å². The normalized spacial score (nSPS) is 13.3. The minimum absolute atomic E-state index is 0.0294. The SMILES string of the molecule is C=C(P(C)(C)=O)P(=O)(OCC)OCC.C=O.CCOP(=O)(CP(C)(C)=O)OCC.CCOP(=O)(OCC)C(CO)P(C)(C)=O. The molecule has 0 aliphatic rings.